The molecule has 1 heterocycles. The first-order valence-corrected chi connectivity index (χ1v) is 7.23. The van der Waals surface area contributed by atoms with E-state index in [1.807, 2.05) is 0 Å². The Labute approximate surface area is 106 Å². The quantitative estimate of drug-likeness (QED) is 0.862. The molecular formula is C13H20N2OS. The lowest BCUT2D eigenvalue weighted by Gasteiger charge is -2.31. The maximum atomic E-state index is 12.0. The van der Waals surface area contributed by atoms with Crippen molar-refractivity contribution in [2.45, 2.75) is 44.1 Å². The Balaban J connectivity index is 1.76. The highest BCUT2D eigenvalue weighted by Crippen LogP contribution is 2.25. The van der Waals surface area contributed by atoms with E-state index in [0.29, 0.717) is 6.54 Å². The average Bonchev–Trinajstić information content (AvgIpc) is 2.83. The molecule has 0 aliphatic heterocycles. The second-order valence-electron chi connectivity index (χ2n) is 4.85. The standard InChI is InChI=1S/C13H20N2OS/c14-13(6-2-1-3-7-13)12(16)15-8-4-11-5-9-17-10-11/h5,9-10H,1-4,6-8,14H2,(H,15,16). The van der Waals surface area contributed by atoms with E-state index in [0.717, 1.165) is 32.1 Å². The van der Waals surface area contributed by atoms with Gasteiger partial charge in [0, 0.05) is 6.54 Å². The molecule has 1 aromatic heterocycles. The Kier molecular flexibility index (Phi) is 4.18. The third-order valence-corrected chi connectivity index (χ3v) is 4.21. The zero-order valence-electron chi connectivity index (χ0n) is 10.1. The maximum absolute atomic E-state index is 12.0. The van der Waals surface area contributed by atoms with Crippen LogP contribution in [-0.2, 0) is 11.2 Å². The molecule has 3 N–H and O–H groups in total. The molecule has 94 valence electrons. The van der Waals surface area contributed by atoms with Crippen LogP contribution < -0.4 is 11.1 Å². The van der Waals surface area contributed by atoms with Gasteiger partial charge in [0.1, 0.15) is 0 Å². The zero-order chi connectivity index (χ0) is 12.1. The van der Waals surface area contributed by atoms with Crippen molar-refractivity contribution < 1.29 is 4.79 Å². The lowest BCUT2D eigenvalue weighted by molar-refractivity contribution is -0.127. The van der Waals surface area contributed by atoms with E-state index in [-0.39, 0.29) is 5.91 Å². The van der Waals surface area contributed by atoms with Crippen molar-refractivity contribution in [2.24, 2.45) is 5.73 Å². The lowest BCUT2D eigenvalue weighted by atomic mass is 9.82. The topological polar surface area (TPSA) is 55.1 Å². The van der Waals surface area contributed by atoms with Crippen LogP contribution in [-0.4, -0.2) is 18.0 Å². The Hall–Kier alpha value is -0.870. The van der Waals surface area contributed by atoms with Crippen molar-refractivity contribution >= 4 is 17.2 Å². The van der Waals surface area contributed by atoms with Gasteiger partial charge in [-0.25, -0.2) is 0 Å². The van der Waals surface area contributed by atoms with E-state index in [1.54, 1.807) is 11.3 Å². The van der Waals surface area contributed by atoms with Gasteiger partial charge >= 0.3 is 0 Å². The van der Waals surface area contributed by atoms with Crippen LogP contribution >= 0.6 is 11.3 Å². The Morgan fingerprint density at radius 2 is 2.18 bits per heavy atom. The Morgan fingerprint density at radius 3 is 2.82 bits per heavy atom. The number of carbonyl (C=O) groups is 1. The van der Waals surface area contributed by atoms with Crippen molar-refractivity contribution in [3.63, 3.8) is 0 Å². The van der Waals surface area contributed by atoms with Crippen LogP contribution in [0.4, 0.5) is 0 Å². The number of nitrogens with two attached hydrogens (primary N) is 1. The smallest absolute Gasteiger partial charge is 0.240 e. The van der Waals surface area contributed by atoms with Crippen LogP contribution in [0, 0.1) is 0 Å². The SMILES string of the molecule is NC1(C(=O)NCCc2ccsc2)CCCCC1. The van der Waals surface area contributed by atoms with E-state index in [2.05, 4.69) is 22.1 Å². The summed E-state index contributed by atoms with van der Waals surface area (Å²) in [6.45, 7) is 0.689. The molecule has 0 aromatic carbocycles. The molecule has 0 spiro atoms. The number of rotatable bonds is 4. The average molecular weight is 252 g/mol. The van der Waals surface area contributed by atoms with Gasteiger partial charge in [-0.05, 0) is 41.7 Å². The van der Waals surface area contributed by atoms with E-state index in [1.165, 1.54) is 12.0 Å². The number of thiophene rings is 1. The predicted octanol–water partition coefficient (Wildman–Crippen LogP) is 2.07. The normalized spacial score (nSPS) is 18.9. The molecule has 1 fully saturated rings. The molecule has 0 unspecified atom stereocenters. The van der Waals surface area contributed by atoms with Crippen molar-refractivity contribution in [3.05, 3.63) is 22.4 Å². The summed E-state index contributed by atoms with van der Waals surface area (Å²) in [5.74, 6) is 0.0347. The molecule has 1 saturated carbocycles. The van der Waals surface area contributed by atoms with Gasteiger partial charge in [0.2, 0.25) is 5.91 Å². The molecule has 17 heavy (non-hydrogen) atoms. The molecule has 1 aliphatic rings. The van der Waals surface area contributed by atoms with Gasteiger partial charge in [0.25, 0.3) is 0 Å². The first-order valence-electron chi connectivity index (χ1n) is 6.29. The van der Waals surface area contributed by atoms with Crippen molar-refractivity contribution in [3.8, 4) is 0 Å². The first-order chi connectivity index (χ1) is 8.21. The van der Waals surface area contributed by atoms with Gasteiger partial charge in [-0.3, -0.25) is 4.79 Å². The third kappa shape index (κ3) is 3.30. The van der Waals surface area contributed by atoms with Crippen LogP contribution in [0.3, 0.4) is 0 Å². The fourth-order valence-electron chi connectivity index (χ4n) is 2.34. The van der Waals surface area contributed by atoms with E-state index >= 15 is 0 Å². The molecule has 1 aromatic rings. The van der Waals surface area contributed by atoms with Gasteiger partial charge in [-0.1, -0.05) is 19.3 Å². The molecule has 0 saturated heterocycles. The predicted molar refractivity (Wildman–Crippen MR) is 71.0 cm³/mol. The summed E-state index contributed by atoms with van der Waals surface area (Å²) >= 11 is 1.69. The minimum absolute atomic E-state index is 0.0347. The van der Waals surface area contributed by atoms with Crippen LogP contribution in [0.1, 0.15) is 37.7 Å². The first kappa shape index (κ1) is 12.6. The largest absolute Gasteiger partial charge is 0.354 e. The maximum Gasteiger partial charge on any atom is 0.240 e. The summed E-state index contributed by atoms with van der Waals surface area (Å²) in [4.78, 5) is 12.0. The van der Waals surface area contributed by atoms with Gasteiger partial charge < -0.3 is 11.1 Å². The van der Waals surface area contributed by atoms with Crippen molar-refractivity contribution in [1.29, 1.82) is 0 Å². The van der Waals surface area contributed by atoms with Crippen LogP contribution in [0.25, 0.3) is 0 Å². The summed E-state index contributed by atoms with van der Waals surface area (Å²) in [5.41, 5.74) is 6.83. The highest BCUT2D eigenvalue weighted by Gasteiger charge is 2.34. The molecule has 0 bridgehead atoms. The molecule has 2 rings (SSSR count). The Morgan fingerprint density at radius 1 is 1.41 bits per heavy atom. The monoisotopic (exact) mass is 252 g/mol. The van der Waals surface area contributed by atoms with Gasteiger partial charge in [0.05, 0.1) is 5.54 Å². The lowest BCUT2D eigenvalue weighted by Crippen LogP contribution is -2.55. The number of hydrogen-bond donors (Lipinski definition) is 2. The summed E-state index contributed by atoms with van der Waals surface area (Å²) in [6, 6.07) is 2.09. The highest BCUT2D eigenvalue weighted by molar-refractivity contribution is 7.07. The van der Waals surface area contributed by atoms with E-state index in [9.17, 15) is 4.79 Å². The van der Waals surface area contributed by atoms with Crippen molar-refractivity contribution in [2.75, 3.05) is 6.54 Å². The van der Waals surface area contributed by atoms with Gasteiger partial charge in [-0.2, -0.15) is 11.3 Å². The van der Waals surface area contributed by atoms with Crippen molar-refractivity contribution in [1.82, 2.24) is 5.32 Å². The Bertz CT molecular complexity index is 356. The van der Waals surface area contributed by atoms with E-state index < -0.39 is 5.54 Å². The fraction of sp³-hybridized carbons (Fsp3) is 0.615. The summed E-state index contributed by atoms with van der Waals surface area (Å²) < 4.78 is 0. The molecular weight excluding hydrogens is 232 g/mol. The number of amides is 1. The van der Waals surface area contributed by atoms with Gasteiger partial charge in [-0.15, -0.1) is 0 Å². The van der Waals surface area contributed by atoms with Gasteiger partial charge in [0.15, 0.2) is 0 Å². The number of nitrogens with one attached hydrogen (secondary N) is 1. The summed E-state index contributed by atoms with van der Waals surface area (Å²) in [7, 11) is 0. The summed E-state index contributed by atoms with van der Waals surface area (Å²) in [5, 5.41) is 7.15. The molecule has 0 radical (unpaired) electrons. The zero-order valence-corrected chi connectivity index (χ0v) is 10.9. The number of hydrogen-bond acceptors (Lipinski definition) is 3. The summed E-state index contributed by atoms with van der Waals surface area (Å²) in [6.07, 6.45) is 5.92. The van der Waals surface area contributed by atoms with E-state index in [4.69, 9.17) is 5.73 Å². The molecule has 0 atom stereocenters. The second kappa shape index (κ2) is 5.65. The highest BCUT2D eigenvalue weighted by atomic mass is 32.1. The number of carbonyl (C=O) groups excluding carboxylic acids is 1. The minimum atomic E-state index is -0.604. The third-order valence-electron chi connectivity index (χ3n) is 3.48. The molecule has 1 aliphatic carbocycles. The van der Waals surface area contributed by atoms with Crippen LogP contribution in [0.15, 0.2) is 16.8 Å². The minimum Gasteiger partial charge on any atom is -0.354 e. The molecule has 3 nitrogen and oxygen atoms in total. The van der Waals surface area contributed by atoms with Crippen LogP contribution in [0.2, 0.25) is 0 Å². The molecule has 1 amide bonds. The van der Waals surface area contributed by atoms with Crippen LogP contribution in [0.5, 0.6) is 0 Å². The fourth-order valence-corrected chi connectivity index (χ4v) is 3.04. The second-order valence-corrected chi connectivity index (χ2v) is 5.63. The molecule has 4 heteroatoms.